The first-order valence-electron chi connectivity index (χ1n) is 9.50. The quantitative estimate of drug-likeness (QED) is 0.530. The minimum atomic E-state index is -0.0798. The van der Waals surface area contributed by atoms with E-state index in [4.69, 9.17) is 4.74 Å². The summed E-state index contributed by atoms with van der Waals surface area (Å²) in [6.45, 7) is 4.63. The van der Waals surface area contributed by atoms with Crippen LogP contribution in [0.25, 0.3) is 0 Å². The average molecular weight is 372 g/mol. The molecule has 138 valence electrons. The van der Waals surface area contributed by atoms with Crippen LogP contribution in [0.3, 0.4) is 0 Å². The van der Waals surface area contributed by atoms with Gasteiger partial charge in [-0.05, 0) is 29.9 Å². The standard InChI is InChI=1S/C21H24N2O2.ClH/c1-12-15-11-23-9-5-8-20(12)10-13(18(24)25-2)17-21(15,19(20)23)14-6-3-4-7-16(14)22-17;/h3-8,12-13,15,17,19,22H,9-11H2,1-2H3;1H/p-1. The highest BCUT2D eigenvalue weighted by atomic mass is 35.5. The van der Waals surface area contributed by atoms with Gasteiger partial charge < -0.3 is 22.5 Å². The molecular weight excluding hydrogens is 348 g/mol. The summed E-state index contributed by atoms with van der Waals surface area (Å²) >= 11 is 0. The van der Waals surface area contributed by atoms with Gasteiger partial charge in [-0.3, -0.25) is 9.69 Å². The fraction of sp³-hybridized carbons (Fsp3) is 0.571. The van der Waals surface area contributed by atoms with E-state index < -0.39 is 0 Å². The van der Waals surface area contributed by atoms with Gasteiger partial charge in [0.05, 0.1) is 19.1 Å². The number of esters is 1. The normalized spacial score (nSPS) is 46.2. The van der Waals surface area contributed by atoms with Crippen molar-refractivity contribution in [2.24, 2.45) is 23.2 Å². The summed E-state index contributed by atoms with van der Waals surface area (Å²) in [7, 11) is 1.53. The minimum Gasteiger partial charge on any atom is -1.00 e. The Labute approximate surface area is 160 Å². The van der Waals surface area contributed by atoms with E-state index in [9.17, 15) is 4.79 Å². The van der Waals surface area contributed by atoms with Crippen molar-refractivity contribution in [3.05, 3.63) is 42.0 Å². The molecule has 1 saturated heterocycles. The number of fused-ring (bicyclic) bond motifs is 1. The van der Waals surface area contributed by atoms with Crippen LogP contribution >= 0.6 is 0 Å². The Morgan fingerprint density at radius 1 is 1.35 bits per heavy atom. The van der Waals surface area contributed by atoms with Gasteiger partial charge in [0.2, 0.25) is 0 Å². The molecule has 7 atom stereocenters. The molecule has 6 rings (SSSR count). The lowest BCUT2D eigenvalue weighted by atomic mass is 9.56. The van der Waals surface area contributed by atoms with Gasteiger partial charge in [-0.1, -0.05) is 37.3 Å². The number of carbonyl (C=O) groups is 1. The summed E-state index contributed by atoms with van der Waals surface area (Å²) in [5.74, 6) is 1.06. The topological polar surface area (TPSA) is 41.6 Å². The van der Waals surface area contributed by atoms with Crippen molar-refractivity contribution in [2.45, 2.75) is 30.8 Å². The molecule has 4 nitrogen and oxygen atoms in total. The van der Waals surface area contributed by atoms with Gasteiger partial charge in [0.15, 0.2) is 0 Å². The number of carbonyl (C=O) groups excluding carboxylic acids is 1. The fourth-order valence-corrected chi connectivity index (χ4v) is 7.68. The van der Waals surface area contributed by atoms with E-state index in [1.807, 2.05) is 0 Å². The van der Waals surface area contributed by atoms with Crippen LogP contribution in [-0.2, 0) is 14.9 Å². The molecule has 2 aliphatic carbocycles. The molecule has 7 unspecified atom stereocenters. The highest BCUT2D eigenvalue weighted by Gasteiger charge is 2.80. The molecule has 0 aromatic heterocycles. The summed E-state index contributed by atoms with van der Waals surface area (Å²) in [5.41, 5.74) is 2.82. The van der Waals surface area contributed by atoms with E-state index in [0.717, 1.165) is 19.5 Å². The van der Waals surface area contributed by atoms with E-state index in [0.29, 0.717) is 17.9 Å². The second-order valence-corrected chi connectivity index (χ2v) is 8.70. The third kappa shape index (κ3) is 1.49. The van der Waals surface area contributed by atoms with Crippen LogP contribution in [0.4, 0.5) is 5.69 Å². The monoisotopic (exact) mass is 371 g/mol. The summed E-state index contributed by atoms with van der Waals surface area (Å²) in [6, 6.07) is 9.42. The van der Waals surface area contributed by atoms with E-state index in [2.05, 4.69) is 53.6 Å². The lowest BCUT2D eigenvalue weighted by Crippen LogP contribution is -3.00. The third-order valence-electron chi connectivity index (χ3n) is 8.29. The number of anilines is 1. The number of ether oxygens (including phenoxy) is 1. The number of nitrogens with zero attached hydrogens (tertiary/aromatic N) is 1. The first kappa shape index (κ1) is 16.6. The van der Waals surface area contributed by atoms with E-state index >= 15 is 0 Å². The van der Waals surface area contributed by atoms with Crippen LogP contribution in [0.5, 0.6) is 0 Å². The van der Waals surface area contributed by atoms with E-state index in [-0.39, 0.29) is 41.2 Å². The molecule has 26 heavy (non-hydrogen) atoms. The molecular formula is C21H24ClN2O2-. The second-order valence-electron chi connectivity index (χ2n) is 8.70. The summed E-state index contributed by atoms with van der Waals surface area (Å²) in [5, 5.41) is 3.78. The summed E-state index contributed by atoms with van der Waals surface area (Å²) in [4.78, 5) is 15.5. The molecule has 5 aliphatic rings. The molecule has 5 heteroatoms. The largest absolute Gasteiger partial charge is 1.00 e. The van der Waals surface area contributed by atoms with Crippen LogP contribution in [0.2, 0.25) is 0 Å². The number of hydrogen-bond donors (Lipinski definition) is 1. The smallest absolute Gasteiger partial charge is 0.310 e. The Hall–Kier alpha value is -1.52. The van der Waals surface area contributed by atoms with Gasteiger partial charge >= 0.3 is 5.97 Å². The number of hydrogen-bond acceptors (Lipinski definition) is 4. The van der Waals surface area contributed by atoms with Gasteiger partial charge in [-0.25, -0.2) is 0 Å². The molecule has 4 bridgehead atoms. The first-order chi connectivity index (χ1) is 12.1. The van der Waals surface area contributed by atoms with E-state index in [1.165, 1.54) is 18.4 Å². The Kier molecular flexibility index (Phi) is 3.23. The van der Waals surface area contributed by atoms with Crippen molar-refractivity contribution in [3.8, 4) is 0 Å². The first-order valence-corrected chi connectivity index (χ1v) is 9.50. The Morgan fingerprint density at radius 3 is 2.96 bits per heavy atom. The third-order valence-corrected chi connectivity index (χ3v) is 8.29. The van der Waals surface area contributed by atoms with E-state index in [1.54, 1.807) is 0 Å². The Morgan fingerprint density at radius 2 is 2.15 bits per heavy atom. The average Bonchev–Trinajstić information content (AvgIpc) is 3.22. The van der Waals surface area contributed by atoms with Crippen LogP contribution in [0, 0.1) is 23.2 Å². The van der Waals surface area contributed by atoms with Gasteiger partial charge in [-0.15, -0.1) is 0 Å². The number of piperidine rings is 1. The summed E-state index contributed by atoms with van der Waals surface area (Å²) < 4.78 is 5.26. The number of rotatable bonds is 1. The van der Waals surface area contributed by atoms with Gasteiger partial charge in [0.1, 0.15) is 0 Å². The zero-order valence-corrected chi connectivity index (χ0v) is 15.9. The molecule has 1 aromatic rings. The number of halogens is 1. The molecule has 3 fully saturated rings. The van der Waals surface area contributed by atoms with Gasteiger partial charge in [0, 0.05) is 35.6 Å². The van der Waals surface area contributed by atoms with Crippen molar-refractivity contribution in [1.29, 1.82) is 0 Å². The minimum absolute atomic E-state index is 0. The van der Waals surface area contributed by atoms with Crippen LogP contribution in [-0.4, -0.2) is 43.2 Å². The van der Waals surface area contributed by atoms with Crippen molar-refractivity contribution in [3.63, 3.8) is 0 Å². The fourth-order valence-electron chi connectivity index (χ4n) is 7.68. The van der Waals surface area contributed by atoms with Crippen LogP contribution in [0.1, 0.15) is 18.9 Å². The zero-order valence-electron chi connectivity index (χ0n) is 15.1. The lowest BCUT2D eigenvalue weighted by molar-refractivity contribution is -0.150. The van der Waals surface area contributed by atoms with Crippen LogP contribution < -0.4 is 17.7 Å². The Bertz CT molecular complexity index is 826. The highest BCUT2D eigenvalue weighted by molar-refractivity contribution is 5.79. The van der Waals surface area contributed by atoms with Crippen LogP contribution in [0.15, 0.2) is 36.4 Å². The SMILES string of the molecule is COC(=O)C1CC23C=CCN4CC(C2C)C2(c5ccccc5NC12)C43.[Cl-]. The van der Waals surface area contributed by atoms with Gasteiger partial charge in [0.25, 0.3) is 0 Å². The van der Waals surface area contributed by atoms with Crippen molar-refractivity contribution >= 4 is 11.7 Å². The molecule has 3 aliphatic heterocycles. The molecule has 3 heterocycles. The molecule has 0 amide bonds. The maximum Gasteiger partial charge on any atom is 0.310 e. The molecule has 2 saturated carbocycles. The zero-order chi connectivity index (χ0) is 17.0. The maximum atomic E-state index is 12.8. The number of benzene rings is 1. The number of methoxy groups -OCH3 is 1. The molecule has 1 spiro atoms. The molecule has 0 radical (unpaired) electrons. The second kappa shape index (κ2) is 5.05. The molecule has 1 aromatic carbocycles. The lowest BCUT2D eigenvalue weighted by Gasteiger charge is -2.54. The predicted molar refractivity (Wildman–Crippen MR) is 95.2 cm³/mol. The maximum absolute atomic E-state index is 12.8. The van der Waals surface area contributed by atoms with Crippen molar-refractivity contribution in [1.82, 2.24) is 4.90 Å². The molecule has 1 N–H and O–H groups in total. The number of nitrogens with one attached hydrogen (secondary N) is 1. The summed E-state index contributed by atoms with van der Waals surface area (Å²) in [6.07, 6.45) is 5.71. The highest BCUT2D eigenvalue weighted by Crippen LogP contribution is 2.74. The predicted octanol–water partition coefficient (Wildman–Crippen LogP) is -0.578. The van der Waals surface area contributed by atoms with Gasteiger partial charge in [-0.2, -0.15) is 0 Å². The van der Waals surface area contributed by atoms with Crippen molar-refractivity contribution < 1.29 is 21.9 Å². The van der Waals surface area contributed by atoms with Crippen molar-refractivity contribution in [2.75, 3.05) is 25.5 Å². The Balaban J connectivity index is 0.00000150. The number of para-hydroxylation sites is 1.